The minimum absolute atomic E-state index is 0.236. The highest BCUT2D eigenvalue weighted by Gasteiger charge is 2.45. The summed E-state index contributed by atoms with van der Waals surface area (Å²) in [5, 5.41) is 6.11. The van der Waals surface area contributed by atoms with E-state index in [4.69, 9.17) is 9.47 Å². The lowest BCUT2D eigenvalue weighted by Crippen LogP contribution is -2.31. The number of ether oxygens (including phenoxy) is 2. The summed E-state index contributed by atoms with van der Waals surface area (Å²) in [5.74, 6) is 0.947. The molecule has 0 spiro atoms. The van der Waals surface area contributed by atoms with Crippen molar-refractivity contribution in [2.45, 2.75) is 59.2 Å². The fourth-order valence-corrected chi connectivity index (χ4v) is 9.12. The van der Waals surface area contributed by atoms with E-state index in [9.17, 15) is 9.59 Å². The van der Waals surface area contributed by atoms with Gasteiger partial charge in [0, 0.05) is 20.3 Å². The first-order valence-electron chi connectivity index (χ1n) is 18.3. The zero-order chi connectivity index (χ0) is 39.0. The molecule has 0 heterocycles. The van der Waals surface area contributed by atoms with Crippen molar-refractivity contribution >= 4 is 55.0 Å². The molecule has 6 aromatic rings. The third kappa shape index (κ3) is 7.33. The molecule has 1 aliphatic rings. The number of hydrogen-bond acceptors (Lipinski definition) is 4. The number of fused-ring (bicyclic) bond motifs is 3. The number of benzene rings is 6. The molecular formula is C47H42Br2N2O4. The fraction of sp³-hybridized carbons (Fsp3) is 0.191. The molecule has 0 radical (unpaired) electrons. The number of anilines is 2. The molecule has 0 saturated heterocycles. The highest BCUT2D eigenvalue weighted by Crippen LogP contribution is 2.56. The molecule has 6 aromatic carbocycles. The van der Waals surface area contributed by atoms with Crippen LogP contribution in [0.3, 0.4) is 0 Å². The van der Waals surface area contributed by atoms with Gasteiger partial charge in [-0.15, -0.1) is 0 Å². The summed E-state index contributed by atoms with van der Waals surface area (Å²) in [6.07, 6.45) is -1.42. The Morgan fingerprint density at radius 1 is 0.527 bits per heavy atom. The van der Waals surface area contributed by atoms with Gasteiger partial charge in [0.25, 0.3) is 11.8 Å². The number of aryl methyl sites for hydroxylation is 4. The van der Waals surface area contributed by atoms with Crippen LogP contribution in [0.4, 0.5) is 11.4 Å². The minimum Gasteiger partial charge on any atom is -0.480 e. The van der Waals surface area contributed by atoms with Gasteiger partial charge in [-0.3, -0.25) is 9.59 Å². The third-order valence-electron chi connectivity index (χ3n) is 10.3. The van der Waals surface area contributed by atoms with Gasteiger partial charge in [-0.05, 0) is 146 Å². The molecular weight excluding hydrogens is 816 g/mol. The van der Waals surface area contributed by atoms with Crippen molar-refractivity contribution in [3.8, 4) is 22.6 Å². The average molecular weight is 859 g/mol. The molecule has 0 aliphatic heterocycles. The molecule has 55 heavy (non-hydrogen) atoms. The van der Waals surface area contributed by atoms with Crippen molar-refractivity contribution in [1.82, 2.24) is 0 Å². The van der Waals surface area contributed by atoms with Gasteiger partial charge in [-0.25, -0.2) is 0 Å². The Morgan fingerprint density at radius 2 is 0.855 bits per heavy atom. The molecule has 2 unspecified atom stereocenters. The van der Waals surface area contributed by atoms with E-state index >= 15 is 0 Å². The Hall–Kier alpha value is -5.18. The van der Waals surface area contributed by atoms with E-state index in [0.29, 0.717) is 22.9 Å². The van der Waals surface area contributed by atoms with Crippen LogP contribution >= 0.6 is 31.9 Å². The maximum atomic E-state index is 13.4. The molecule has 2 amide bonds. The Morgan fingerprint density at radius 3 is 1.20 bits per heavy atom. The van der Waals surface area contributed by atoms with E-state index < -0.39 is 17.6 Å². The lowest BCUT2D eigenvalue weighted by atomic mass is 9.67. The number of nitrogens with one attached hydrogen (secondary N) is 2. The number of carbonyl (C=O) groups excluding carboxylic acids is 2. The predicted molar refractivity (Wildman–Crippen MR) is 228 cm³/mol. The van der Waals surface area contributed by atoms with Gasteiger partial charge in [-0.1, -0.05) is 105 Å². The van der Waals surface area contributed by atoms with Crippen molar-refractivity contribution in [2.75, 3.05) is 10.6 Å². The second-order valence-corrected chi connectivity index (χ2v) is 16.1. The van der Waals surface area contributed by atoms with Crippen molar-refractivity contribution in [3.63, 3.8) is 0 Å². The van der Waals surface area contributed by atoms with Crippen LogP contribution in [0.25, 0.3) is 11.1 Å². The van der Waals surface area contributed by atoms with Crippen LogP contribution in [0.15, 0.2) is 130 Å². The van der Waals surface area contributed by atoms with E-state index in [1.54, 1.807) is 13.8 Å². The van der Waals surface area contributed by atoms with E-state index in [-0.39, 0.29) is 11.8 Å². The number of amides is 2. The summed E-state index contributed by atoms with van der Waals surface area (Å²) >= 11 is 7.06. The molecule has 0 aromatic heterocycles. The van der Waals surface area contributed by atoms with Crippen LogP contribution in [0.5, 0.6) is 11.5 Å². The summed E-state index contributed by atoms with van der Waals surface area (Å²) in [7, 11) is 0. The molecule has 6 nitrogen and oxygen atoms in total. The maximum absolute atomic E-state index is 13.4. The third-order valence-corrected chi connectivity index (χ3v) is 11.2. The second-order valence-electron chi connectivity index (χ2n) is 14.2. The average Bonchev–Trinajstić information content (AvgIpc) is 3.46. The SMILES string of the molecule is Cc1cc(Br)cc(C)c1OC(C)C(=O)Nc1ccc(C2(c3ccc(NC(=O)C(C)Oc4c(C)cc(Br)cc4C)cc3)c3ccccc3-c3ccccc32)cc1. The molecule has 278 valence electrons. The van der Waals surface area contributed by atoms with Gasteiger partial charge >= 0.3 is 0 Å². The van der Waals surface area contributed by atoms with Crippen LogP contribution in [-0.2, 0) is 15.0 Å². The normalized spacial score (nSPS) is 13.6. The summed E-state index contributed by atoms with van der Waals surface area (Å²) in [5.41, 5.74) is 11.3. The minimum atomic E-state index is -0.708. The van der Waals surface area contributed by atoms with E-state index in [1.165, 1.54) is 11.1 Å². The Kier molecular flexibility index (Phi) is 10.8. The first-order valence-corrected chi connectivity index (χ1v) is 19.8. The monoisotopic (exact) mass is 856 g/mol. The maximum Gasteiger partial charge on any atom is 0.265 e. The van der Waals surface area contributed by atoms with Gasteiger partial charge in [0.15, 0.2) is 12.2 Å². The number of carbonyl (C=O) groups is 2. The largest absolute Gasteiger partial charge is 0.480 e. The molecule has 7 rings (SSSR count). The first-order chi connectivity index (χ1) is 26.4. The zero-order valence-corrected chi connectivity index (χ0v) is 34.8. The number of rotatable bonds is 10. The van der Waals surface area contributed by atoms with Gasteiger partial charge in [-0.2, -0.15) is 0 Å². The quantitative estimate of drug-likeness (QED) is 0.144. The summed E-state index contributed by atoms with van der Waals surface area (Å²) in [6, 6.07) is 41.1. The highest BCUT2D eigenvalue weighted by molar-refractivity contribution is 9.10. The van der Waals surface area contributed by atoms with E-state index in [0.717, 1.165) is 53.5 Å². The van der Waals surface area contributed by atoms with Crippen molar-refractivity contribution in [1.29, 1.82) is 0 Å². The molecule has 0 bridgehead atoms. The van der Waals surface area contributed by atoms with E-state index in [2.05, 4.69) is 115 Å². The molecule has 1 aliphatic carbocycles. The Bertz CT molecular complexity index is 2210. The molecule has 8 heteroatoms. The Labute approximate surface area is 339 Å². The van der Waals surface area contributed by atoms with Gasteiger partial charge in [0.2, 0.25) is 0 Å². The fourth-order valence-electron chi connectivity index (χ4n) is 7.75. The van der Waals surface area contributed by atoms with Gasteiger partial charge < -0.3 is 20.1 Å². The second kappa shape index (κ2) is 15.5. The van der Waals surface area contributed by atoms with Gasteiger partial charge in [0.1, 0.15) is 11.5 Å². The zero-order valence-electron chi connectivity index (χ0n) is 31.6. The molecule has 0 saturated carbocycles. The number of halogens is 2. The van der Waals surface area contributed by atoms with Crippen LogP contribution in [0.1, 0.15) is 58.4 Å². The molecule has 0 fully saturated rings. The van der Waals surface area contributed by atoms with Crippen LogP contribution in [0.2, 0.25) is 0 Å². The lowest BCUT2D eigenvalue weighted by Gasteiger charge is -2.34. The molecule has 2 N–H and O–H groups in total. The van der Waals surface area contributed by atoms with Crippen LogP contribution in [-0.4, -0.2) is 24.0 Å². The van der Waals surface area contributed by atoms with E-state index in [1.807, 2.05) is 76.2 Å². The smallest absolute Gasteiger partial charge is 0.265 e. The predicted octanol–water partition coefficient (Wildman–Crippen LogP) is 11.6. The topological polar surface area (TPSA) is 76.7 Å². The summed E-state index contributed by atoms with van der Waals surface area (Å²) < 4.78 is 14.2. The highest BCUT2D eigenvalue weighted by atomic mass is 79.9. The van der Waals surface area contributed by atoms with Crippen molar-refractivity contribution in [2.24, 2.45) is 0 Å². The molecule has 2 atom stereocenters. The standard InChI is InChI=1S/C47H42Br2N2O4/c1-27-23-35(48)24-28(2)43(27)54-31(5)45(52)50-37-19-15-33(16-20-37)47(41-13-9-7-11-39(41)40-12-8-10-14-42(40)47)34-17-21-38(22-18-34)51-46(53)32(6)55-44-29(3)25-36(49)26-30(44)4/h7-26,31-32H,1-6H3,(H,50,52)(H,51,53). The first kappa shape index (κ1) is 38.1. The number of hydrogen-bond donors (Lipinski definition) is 2. The van der Waals surface area contributed by atoms with Crippen LogP contribution < -0.4 is 20.1 Å². The van der Waals surface area contributed by atoms with Gasteiger partial charge in [0.05, 0.1) is 5.41 Å². The summed E-state index contributed by atoms with van der Waals surface area (Å²) in [6.45, 7) is 11.4. The Balaban J connectivity index is 1.17. The summed E-state index contributed by atoms with van der Waals surface area (Å²) in [4.78, 5) is 26.7. The van der Waals surface area contributed by atoms with Crippen molar-refractivity contribution < 1.29 is 19.1 Å². The van der Waals surface area contributed by atoms with Crippen molar-refractivity contribution in [3.05, 3.63) is 175 Å². The van der Waals surface area contributed by atoms with Crippen LogP contribution in [0, 0.1) is 27.7 Å². The lowest BCUT2D eigenvalue weighted by molar-refractivity contribution is -0.122.